The van der Waals surface area contributed by atoms with Crippen molar-refractivity contribution in [1.82, 2.24) is 5.32 Å². The molecule has 2 rings (SSSR count). The summed E-state index contributed by atoms with van der Waals surface area (Å²) in [6, 6.07) is 5.88. The van der Waals surface area contributed by atoms with Crippen LogP contribution < -0.4 is 16.4 Å². The number of hydrogen-bond acceptors (Lipinski definition) is 4. The summed E-state index contributed by atoms with van der Waals surface area (Å²) in [6.07, 6.45) is 0. The normalized spacial score (nSPS) is 18.1. The SMILES string of the molecule is CC1Sc2ccc(CNCC(N)=O)cc2NC1=O. The molecule has 0 bridgehead atoms. The van der Waals surface area contributed by atoms with Crippen LogP contribution in [0.4, 0.5) is 5.69 Å². The van der Waals surface area contributed by atoms with Crippen LogP contribution in [0.25, 0.3) is 0 Å². The first kappa shape index (κ1) is 12.9. The van der Waals surface area contributed by atoms with E-state index in [1.165, 1.54) is 0 Å². The van der Waals surface area contributed by atoms with E-state index in [0.29, 0.717) is 6.54 Å². The molecule has 18 heavy (non-hydrogen) atoms. The molecule has 2 amide bonds. The molecule has 0 aromatic heterocycles. The molecular formula is C12H15N3O2S. The number of thioether (sulfide) groups is 1. The zero-order valence-electron chi connectivity index (χ0n) is 10.0. The number of benzene rings is 1. The number of primary amides is 1. The molecule has 4 N–H and O–H groups in total. The Kier molecular flexibility index (Phi) is 3.88. The van der Waals surface area contributed by atoms with Crippen LogP contribution in [0.15, 0.2) is 23.1 Å². The van der Waals surface area contributed by atoms with Gasteiger partial charge in [-0.25, -0.2) is 0 Å². The molecule has 6 heteroatoms. The van der Waals surface area contributed by atoms with Crippen molar-refractivity contribution in [1.29, 1.82) is 0 Å². The number of anilines is 1. The Morgan fingerprint density at radius 2 is 2.33 bits per heavy atom. The Hall–Kier alpha value is -1.53. The van der Waals surface area contributed by atoms with E-state index < -0.39 is 0 Å². The zero-order chi connectivity index (χ0) is 13.1. The van der Waals surface area contributed by atoms with Crippen LogP contribution in [0.2, 0.25) is 0 Å². The van der Waals surface area contributed by atoms with Gasteiger partial charge in [0.2, 0.25) is 11.8 Å². The highest BCUT2D eigenvalue weighted by Crippen LogP contribution is 2.35. The van der Waals surface area contributed by atoms with Crippen molar-refractivity contribution in [2.45, 2.75) is 23.6 Å². The van der Waals surface area contributed by atoms with Crippen molar-refractivity contribution in [2.75, 3.05) is 11.9 Å². The lowest BCUT2D eigenvalue weighted by atomic mass is 10.2. The van der Waals surface area contributed by atoms with Crippen molar-refractivity contribution in [3.8, 4) is 0 Å². The third-order valence-corrected chi connectivity index (χ3v) is 3.78. The highest BCUT2D eigenvalue weighted by atomic mass is 32.2. The van der Waals surface area contributed by atoms with Crippen molar-refractivity contribution in [3.05, 3.63) is 23.8 Å². The Labute approximate surface area is 110 Å². The van der Waals surface area contributed by atoms with Gasteiger partial charge in [0, 0.05) is 11.4 Å². The Bertz CT molecular complexity index is 490. The summed E-state index contributed by atoms with van der Waals surface area (Å²) in [5.41, 5.74) is 6.88. The molecule has 0 aliphatic carbocycles. The molecule has 0 saturated carbocycles. The average molecular weight is 265 g/mol. The molecule has 96 valence electrons. The van der Waals surface area contributed by atoms with Gasteiger partial charge in [-0.1, -0.05) is 6.07 Å². The number of fused-ring (bicyclic) bond motifs is 1. The van der Waals surface area contributed by atoms with Crippen molar-refractivity contribution in [3.63, 3.8) is 0 Å². The first-order valence-electron chi connectivity index (χ1n) is 5.66. The third kappa shape index (κ3) is 3.02. The second-order valence-corrected chi connectivity index (χ2v) is 5.53. The Morgan fingerprint density at radius 3 is 3.06 bits per heavy atom. The molecule has 0 fully saturated rings. The summed E-state index contributed by atoms with van der Waals surface area (Å²) >= 11 is 1.55. The van der Waals surface area contributed by atoms with Crippen LogP contribution in [0.3, 0.4) is 0 Å². The van der Waals surface area contributed by atoms with Crippen LogP contribution >= 0.6 is 11.8 Å². The summed E-state index contributed by atoms with van der Waals surface area (Å²) in [7, 11) is 0. The second-order valence-electron chi connectivity index (χ2n) is 4.15. The van der Waals surface area contributed by atoms with Crippen molar-refractivity contribution < 1.29 is 9.59 Å². The zero-order valence-corrected chi connectivity index (χ0v) is 10.8. The largest absolute Gasteiger partial charge is 0.369 e. The van der Waals surface area contributed by atoms with Crippen LogP contribution in [0, 0.1) is 0 Å². The molecule has 1 heterocycles. The number of amides is 2. The van der Waals surface area contributed by atoms with E-state index >= 15 is 0 Å². The summed E-state index contributed by atoms with van der Waals surface area (Å²) in [5.74, 6) is -0.361. The molecular weight excluding hydrogens is 250 g/mol. The molecule has 0 saturated heterocycles. The average Bonchev–Trinajstić information content (AvgIpc) is 2.30. The summed E-state index contributed by atoms with van der Waals surface area (Å²) in [4.78, 5) is 23.2. The third-order valence-electron chi connectivity index (χ3n) is 2.60. The molecule has 1 aromatic rings. The highest BCUT2D eigenvalue weighted by molar-refractivity contribution is 8.00. The molecule has 0 radical (unpaired) electrons. The maximum Gasteiger partial charge on any atom is 0.237 e. The monoisotopic (exact) mass is 265 g/mol. The van der Waals surface area contributed by atoms with Crippen molar-refractivity contribution in [2.24, 2.45) is 5.73 Å². The maximum absolute atomic E-state index is 11.6. The molecule has 1 atom stereocenters. The van der Waals surface area contributed by atoms with Crippen LogP contribution in [0.5, 0.6) is 0 Å². The first-order valence-corrected chi connectivity index (χ1v) is 6.53. The summed E-state index contributed by atoms with van der Waals surface area (Å²) in [6.45, 7) is 2.58. The minimum atomic E-state index is -0.384. The fraction of sp³-hybridized carbons (Fsp3) is 0.333. The molecule has 1 unspecified atom stereocenters. The number of rotatable bonds is 4. The van der Waals surface area contributed by atoms with E-state index in [9.17, 15) is 9.59 Å². The standard InChI is InChI=1S/C12H15N3O2S/c1-7-12(17)15-9-4-8(2-3-10(9)18-7)5-14-6-11(13)16/h2-4,7,14H,5-6H2,1H3,(H2,13,16)(H,15,17). The number of carbonyl (C=O) groups is 2. The number of hydrogen-bond donors (Lipinski definition) is 3. The number of nitrogens with two attached hydrogens (primary N) is 1. The lowest BCUT2D eigenvalue weighted by Gasteiger charge is -2.21. The molecule has 1 aromatic carbocycles. The van der Waals surface area contributed by atoms with E-state index in [1.54, 1.807) is 11.8 Å². The molecule has 0 spiro atoms. The van der Waals surface area contributed by atoms with Gasteiger partial charge in [0.25, 0.3) is 0 Å². The minimum Gasteiger partial charge on any atom is -0.369 e. The number of carbonyl (C=O) groups excluding carboxylic acids is 2. The van der Waals surface area contributed by atoms with E-state index in [1.807, 2.05) is 25.1 Å². The minimum absolute atomic E-state index is 0.0229. The quantitative estimate of drug-likeness (QED) is 0.748. The summed E-state index contributed by atoms with van der Waals surface area (Å²) in [5, 5.41) is 5.74. The van der Waals surface area contributed by atoms with E-state index in [4.69, 9.17) is 5.73 Å². The lowest BCUT2D eigenvalue weighted by Crippen LogP contribution is -2.28. The van der Waals surface area contributed by atoms with Gasteiger partial charge in [0.05, 0.1) is 17.5 Å². The van der Waals surface area contributed by atoms with Gasteiger partial charge in [-0.05, 0) is 24.6 Å². The Balaban J connectivity index is 2.05. The fourth-order valence-corrected chi connectivity index (χ4v) is 2.63. The molecule has 1 aliphatic rings. The van der Waals surface area contributed by atoms with Gasteiger partial charge >= 0.3 is 0 Å². The highest BCUT2D eigenvalue weighted by Gasteiger charge is 2.22. The smallest absolute Gasteiger partial charge is 0.237 e. The maximum atomic E-state index is 11.6. The Morgan fingerprint density at radius 1 is 1.56 bits per heavy atom. The van der Waals surface area contributed by atoms with Crippen molar-refractivity contribution >= 4 is 29.3 Å². The van der Waals surface area contributed by atoms with Crippen LogP contribution in [0.1, 0.15) is 12.5 Å². The van der Waals surface area contributed by atoms with Gasteiger partial charge in [-0.15, -0.1) is 11.8 Å². The van der Waals surface area contributed by atoms with E-state index in [2.05, 4.69) is 10.6 Å². The molecule has 5 nitrogen and oxygen atoms in total. The van der Waals surface area contributed by atoms with Gasteiger partial charge in [0.15, 0.2) is 0 Å². The lowest BCUT2D eigenvalue weighted by molar-refractivity contribution is -0.117. The predicted octanol–water partition coefficient (Wildman–Crippen LogP) is 0.694. The van der Waals surface area contributed by atoms with Gasteiger partial charge in [-0.3, -0.25) is 9.59 Å². The number of nitrogens with one attached hydrogen (secondary N) is 2. The fourth-order valence-electron chi connectivity index (χ4n) is 1.70. The van der Waals surface area contributed by atoms with Gasteiger partial charge < -0.3 is 16.4 Å². The van der Waals surface area contributed by atoms with E-state index in [-0.39, 0.29) is 23.6 Å². The summed E-state index contributed by atoms with van der Waals surface area (Å²) < 4.78 is 0. The predicted molar refractivity (Wildman–Crippen MR) is 71.3 cm³/mol. The van der Waals surface area contributed by atoms with Gasteiger partial charge in [0.1, 0.15) is 0 Å². The van der Waals surface area contributed by atoms with Crippen LogP contribution in [-0.2, 0) is 16.1 Å². The first-order chi connectivity index (χ1) is 8.56. The topological polar surface area (TPSA) is 84.2 Å². The van der Waals surface area contributed by atoms with E-state index in [0.717, 1.165) is 16.1 Å². The second kappa shape index (κ2) is 5.41. The van der Waals surface area contributed by atoms with Crippen LogP contribution in [-0.4, -0.2) is 23.6 Å². The molecule has 1 aliphatic heterocycles. The van der Waals surface area contributed by atoms with Gasteiger partial charge in [-0.2, -0.15) is 0 Å².